The molecular formula is C10H13NS2. The molecule has 1 aromatic carbocycles. The van der Waals surface area contributed by atoms with Crippen molar-refractivity contribution in [2.75, 3.05) is 14.1 Å². The second kappa shape index (κ2) is 4.63. The van der Waals surface area contributed by atoms with E-state index in [0.717, 1.165) is 4.32 Å². The van der Waals surface area contributed by atoms with Crippen molar-refractivity contribution in [2.24, 2.45) is 0 Å². The topological polar surface area (TPSA) is 3.24 Å². The van der Waals surface area contributed by atoms with Gasteiger partial charge in [0.15, 0.2) is 0 Å². The summed E-state index contributed by atoms with van der Waals surface area (Å²) in [6.45, 7) is 2.10. The van der Waals surface area contributed by atoms with Gasteiger partial charge in [-0.2, -0.15) is 0 Å². The summed E-state index contributed by atoms with van der Waals surface area (Å²) in [5, 5.41) is 0. The maximum atomic E-state index is 5.21. The molecule has 0 saturated heterocycles. The van der Waals surface area contributed by atoms with Crippen LogP contribution in [0.25, 0.3) is 0 Å². The van der Waals surface area contributed by atoms with Gasteiger partial charge < -0.3 is 4.90 Å². The highest BCUT2D eigenvalue weighted by Gasteiger charge is 2.03. The molecule has 1 nitrogen and oxygen atoms in total. The van der Waals surface area contributed by atoms with Gasteiger partial charge in [-0.15, -0.1) is 0 Å². The van der Waals surface area contributed by atoms with E-state index in [4.69, 9.17) is 12.2 Å². The molecule has 3 heteroatoms. The zero-order valence-electron chi connectivity index (χ0n) is 8.07. The SMILES string of the molecule is Cc1ccccc1SC(=S)N(C)C. The molecule has 0 saturated carbocycles. The summed E-state index contributed by atoms with van der Waals surface area (Å²) in [5.74, 6) is 0. The number of hydrogen-bond donors (Lipinski definition) is 0. The Morgan fingerprint density at radius 2 is 1.92 bits per heavy atom. The summed E-state index contributed by atoms with van der Waals surface area (Å²) in [6.07, 6.45) is 0. The van der Waals surface area contributed by atoms with E-state index in [2.05, 4.69) is 19.1 Å². The lowest BCUT2D eigenvalue weighted by Gasteiger charge is -2.13. The highest BCUT2D eigenvalue weighted by atomic mass is 32.2. The van der Waals surface area contributed by atoms with Crippen molar-refractivity contribution in [1.82, 2.24) is 4.90 Å². The lowest BCUT2D eigenvalue weighted by atomic mass is 10.2. The van der Waals surface area contributed by atoms with E-state index in [-0.39, 0.29) is 0 Å². The molecule has 0 atom stereocenters. The Morgan fingerprint density at radius 1 is 1.31 bits per heavy atom. The molecule has 13 heavy (non-hydrogen) atoms. The molecular weight excluding hydrogens is 198 g/mol. The quantitative estimate of drug-likeness (QED) is 0.519. The predicted molar refractivity (Wildman–Crippen MR) is 63.3 cm³/mol. The van der Waals surface area contributed by atoms with Gasteiger partial charge in [0.05, 0.1) is 0 Å². The first-order valence-corrected chi connectivity index (χ1v) is 5.28. The largest absolute Gasteiger partial charge is 0.363 e. The Balaban J connectivity index is 2.75. The van der Waals surface area contributed by atoms with Crippen LogP contribution in [0.1, 0.15) is 5.56 Å². The van der Waals surface area contributed by atoms with Crippen LogP contribution >= 0.6 is 24.0 Å². The minimum Gasteiger partial charge on any atom is -0.363 e. The zero-order chi connectivity index (χ0) is 9.84. The molecule has 0 aromatic heterocycles. The molecule has 1 rings (SSSR count). The maximum Gasteiger partial charge on any atom is 0.140 e. The van der Waals surface area contributed by atoms with Crippen molar-refractivity contribution in [3.8, 4) is 0 Å². The van der Waals surface area contributed by atoms with Gasteiger partial charge in [-0.05, 0) is 18.6 Å². The highest BCUT2D eigenvalue weighted by molar-refractivity contribution is 8.23. The van der Waals surface area contributed by atoms with Crippen molar-refractivity contribution >= 4 is 28.3 Å². The molecule has 0 aliphatic heterocycles. The first-order chi connectivity index (χ1) is 6.11. The number of hydrogen-bond acceptors (Lipinski definition) is 2. The fourth-order valence-electron chi connectivity index (χ4n) is 0.856. The van der Waals surface area contributed by atoms with Crippen LogP contribution in [0.4, 0.5) is 0 Å². The summed E-state index contributed by atoms with van der Waals surface area (Å²) in [7, 11) is 3.93. The maximum absolute atomic E-state index is 5.21. The van der Waals surface area contributed by atoms with Crippen molar-refractivity contribution in [1.29, 1.82) is 0 Å². The zero-order valence-corrected chi connectivity index (χ0v) is 9.71. The summed E-state index contributed by atoms with van der Waals surface area (Å²) >= 11 is 6.84. The number of nitrogens with zero attached hydrogens (tertiary/aromatic N) is 1. The van der Waals surface area contributed by atoms with E-state index in [1.807, 2.05) is 31.1 Å². The first-order valence-electron chi connectivity index (χ1n) is 4.06. The van der Waals surface area contributed by atoms with Crippen LogP contribution in [0, 0.1) is 6.92 Å². The summed E-state index contributed by atoms with van der Waals surface area (Å²) < 4.78 is 0.898. The molecule has 0 aliphatic carbocycles. The second-order valence-electron chi connectivity index (χ2n) is 3.03. The van der Waals surface area contributed by atoms with Gasteiger partial charge in [0.1, 0.15) is 4.32 Å². The standard InChI is InChI=1S/C10H13NS2/c1-8-6-4-5-7-9(8)13-10(12)11(2)3/h4-7H,1-3H3. The smallest absolute Gasteiger partial charge is 0.140 e. The molecule has 0 radical (unpaired) electrons. The summed E-state index contributed by atoms with van der Waals surface area (Å²) in [5.41, 5.74) is 1.27. The highest BCUT2D eigenvalue weighted by Crippen LogP contribution is 2.23. The molecule has 0 fully saturated rings. The van der Waals surface area contributed by atoms with E-state index in [9.17, 15) is 0 Å². The fourth-order valence-corrected chi connectivity index (χ4v) is 1.87. The molecule has 0 heterocycles. The Morgan fingerprint density at radius 3 is 2.46 bits per heavy atom. The van der Waals surface area contributed by atoms with Crippen LogP contribution in [0.2, 0.25) is 0 Å². The summed E-state index contributed by atoms with van der Waals surface area (Å²) in [6, 6.07) is 8.27. The average molecular weight is 211 g/mol. The van der Waals surface area contributed by atoms with Crippen LogP contribution in [0.5, 0.6) is 0 Å². The van der Waals surface area contributed by atoms with Crippen molar-refractivity contribution in [3.63, 3.8) is 0 Å². The van der Waals surface area contributed by atoms with Gasteiger partial charge in [0.2, 0.25) is 0 Å². The minimum atomic E-state index is 0.898. The van der Waals surface area contributed by atoms with Crippen molar-refractivity contribution in [2.45, 2.75) is 11.8 Å². The Hall–Kier alpha value is -0.540. The molecule has 0 amide bonds. The fraction of sp³-hybridized carbons (Fsp3) is 0.300. The predicted octanol–water partition coefficient (Wildman–Crippen LogP) is 2.93. The van der Waals surface area contributed by atoms with Crippen LogP contribution < -0.4 is 0 Å². The average Bonchev–Trinajstić information content (AvgIpc) is 2.08. The molecule has 0 bridgehead atoms. The number of thioether (sulfide) groups is 1. The third kappa shape index (κ3) is 3.01. The van der Waals surface area contributed by atoms with Gasteiger partial charge in [-0.3, -0.25) is 0 Å². The molecule has 1 aromatic rings. The molecule has 0 aliphatic rings. The third-order valence-electron chi connectivity index (χ3n) is 1.66. The van der Waals surface area contributed by atoms with Crippen LogP contribution in [-0.4, -0.2) is 23.3 Å². The van der Waals surface area contributed by atoms with Crippen LogP contribution in [0.15, 0.2) is 29.2 Å². The Bertz CT molecular complexity index is 308. The van der Waals surface area contributed by atoms with Gasteiger partial charge in [0.25, 0.3) is 0 Å². The summed E-state index contributed by atoms with van der Waals surface area (Å²) in [4.78, 5) is 3.19. The number of rotatable bonds is 1. The van der Waals surface area contributed by atoms with E-state index in [1.165, 1.54) is 10.5 Å². The van der Waals surface area contributed by atoms with Crippen molar-refractivity contribution in [3.05, 3.63) is 29.8 Å². The lowest BCUT2D eigenvalue weighted by Crippen LogP contribution is -2.15. The van der Waals surface area contributed by atoms with Crippen molar-refractivity contribution < 1.29 is 0 Å². The second-order valence-corrected chi connectivity index (χ2v) is 4.70. The van der Waals surface area contributed by atoms with Gasteiger partial charge in [-0.25, -0.2) is 0 Å². The molecule has 0 spiro atoms. The lowest BCUT2D eigenvalue weighted by molar-refractivity contribution is 0.648. The van der Waals surface area contributed by atoms with E-state index >= 15 is 0 Å². The minimum absolute atomic E-state index is 0.898. The Kier molecular flexibility index (Phi) is 3.75. The van der Waals surface area contributed by atoms with Crippen LogP contribution in [-0.2, 0) is 0 Å². The van der Waals surface area contributed by atoms with Crippen LogP contribution in [0.3, 0.4) is 0 Å². The van der Waals surface area contributed by atoms with E-state index in [0.29, 0.717) is 0 Å². The van der Waals surface area contributed by atoms with Gasteiger partial charge in [-0.1, -0.05) is 42.2 Å². The molecule has 0 unspecified atom stereocenters. The number of benzene rings is 1. The first kappa shape index (κ1) is 10.5. The van der Waals surface area contributed by atoms with Gasteiger partial charge in [0, 0.05) is 19.0 Å². The number of thiocarbonyl (C=S) groups is 1. The molecule has 70 valence electrons. The normalized spacial score (nSPS) is 9.77. The van der Waals surface area contributed by atoms with E-state index in [1.54, 1.807) is 11.8 Å². The number of aryl methyl sites for hydroxylation is 1. The van der Waals surface area contributed by atoms with E-state index < -0.39 is 0 Å². The monoisotopic (exact) mass is 211 g/mol. The third-order valence-corrected chi connectivity index (χ3v) is 3.49. The van der Waals surface area contributed by atoms with Gasteiger partial charge >= 0.3 is 0 Å². The molecule has 0 N–H and O–H groups in total. The Labute approximate surface area is 89.1 Å².